The lowest BCUT2D eigenvalue weighted by atomic mass is 10.1. The zero-order valence-electron chi connectivity index (χ0n) is 8.40. The van der Waals surface area contributed by atoms with Crippen molar-refractivity contribution < 1.29 is 4.79 Å². The molecular weight excluding hydrogens is 176 g/mol. The number of nitrogens with zero attached hydrogens (tertiary/aromatic N) is 1. The van der Waals surface area contributed by atoms with Crippen LogP contribution in [0.2, 0.25) is 0 Å². The van der Waals surface area contributed by atoms with Crippen LogP contribution in [0.15, 0.2) is 36.4 Å². The molecular formula is C11H14N2O. The third kappa shape index (κ3) is 2.62. The van der Waals surface area contributed by atoms with Gasteiger partial charge in [0.2, 0.25) is 5.91 Å². The average Bonchev–Trinajstić information content (AvgIpc) is 2.19. The van der Waals surface area contributed by atoms with E-state index in [0.717, 1.165) is 5.56 Å². The van der Waals surface area contributed by atoms with Crippen molar-refractivity contribution in [3.05, 3.63) is 42.0 Å². The molecule has 1 amide bonds. The van der Waals surface area contributed by atoms with Crippen molar-refractivity contribution in [2.24, 2.45) is 5.73 Å². The summed E-state index contributed by atoms with van der Waals surface area (Å²) in [5, 5.41) is 0. The molecule has 14 heavy (non-hydrogen) atoms. The Hall–Kier alpha value is -1.77. The van der Waals surface area contributed by atoms with E-state index in [0.29, 0.717) is 5.70 Å². The van der Waals surface area contributed by atoms with Gasteiger partial charge in [-0.3, -0.25) is 4.79 Å². The van der Waals surface area contributed by atoms with E-state index in [1.54, 1.807) is 14.1 Å². The molecule has 0 saturated heterocycles. The van der Waals surface area contributed by atoms with E-state index in [9.17, 15) is 4.79 Å². The molecule has 0 unspecified atom stereocenters. The maximum absolute atomic E-state index is 11.3. The predicted octanol–water partition coefficient (Wildman–Crippen LogP) is 1.07. The second kappa shape index (κ2) is 4.46. The summed E-state index contributed by atoms with van der Waals surface area (Å²) in [6.07, 6.45) is 1.43. The van der Waals surface area contributed by atoms with Crippen LogP contribution < -0.4 is 5.73 Å². The Labute approximate surface area is 83.8 Å². The molecule has 0 spiro atoms. The molecule has 1 aromatic carbocycles. The third-order valence-corrected chi connectivity index (χ3v) is 1.83. The van der Waals surface area contributed by atoms with Crippen molar-refractivity contribution in [1.82, 2.24) is 4.90 Å². The number of nitrogens with two attached hydrogens (primary N) is 1. The van der Waals surface area contributed by atoms with Gasteiger partial charge < -0.3 is 10.6 Å². The second-order valence-corrected chi connectivity index (χ2v) is 3.20. The topological polar surface area (TPSA) is 46.3 Å². The van der Waals surface area contributed by atoms with Gasteiger partial charge >= 0.3 is 0 Å². The summed E-state index contributed by atoms with van der Waals surface area (Å²) in [4.78, 5) is 12.8. The second-order valence-electron chi connectivity index (χ2n) is 3.20. The van der Waals surface area contributed by atoms with Crippen molar-refractivity contribution in [2.45, 2.75) is 0 Å². The molecule has 74 valence electrons. The molecule has 3 nitrogen and oxygen atoms in total. The number of amides is 1. The third-order valence-electron chi connectivity index (χ3n) is 1.83. The van der Waals surface area contributed by atoms with E-state index < -0.39 is 0 Å². The maximum atomic E-state index is 11.3. The van der Waals surface area contributed by atoms with Gasteiger partial charge in [-0.2, -0.15) is 0 Å². The summed E-state index contributed by atoms with van der Waals surface area (Å²) in [5.74, 6) is -0.105. The molecule has 0 fully saturated rings. The van der Waals surface area contributed by atoms with Crippen LogP contribution in [0.1, 0.15) is 5.56 Å². The molecule has 0 atom stereocenters. The first-order valence-corrected chi connectivity index (χ1v) is 4.35. The van der Waals surface area contributed by atoms with Gasteiger partial charge in [0.25, 0.3) is 0 Å². The van der Waals surface area contributed by atoms with Crippen LogP contribution >= 0.6 is 0 Å². The molecule has 3 heteroatoms. The smallest absolute Gasteiger partial charge is 0.248 e. The lowest BCUT2D eigenvalue weighted by Gasteiger charge is -2.07. The van der Waals surface area contributed by atoms with Crippen LogP contribution in [0.4, 0.5) is 0 Å². The maximum Gasteiger partial charge on any atom is 0.248 e. The number of hydrogen-bond acceptors (Lipinski definition) is 2. The molecule has 0 aliphatic rings. The lowest BCUT2D eigenvalue weighted by Crippen LogP contribution is -2.20. The quantitative estimate of drug-likeness (QED) is 0.709. The summed E-state index contributed by atoms with van der Waals surface area (Å²) in [5.41, 5.74) is 7.10. The van der Waals surface area contributed by atoms with Crippen molar-refractivity contribution in [2.75, 3.05) is 14.1 Å². The van der Waals surface area contributed by atoms with Crippen molar-refractivity contribution in [3.63, 3.8) is 0 Å². The summed E-state index contributed by atoms with van der Waals surface area (Å²) >= 11 is 0. The van der Waals surface area contributed by atoms with Gasteiger partial charge in [-0.15, -0.1) is 0 Å². The fourth-order valence-corrected chi connectivity index (χ4v) is 0.976. The Kier molecular flexibility index (Phi) is 3.29. The molecule has 0 aromatic heterocycles. The lowest BCUT2D eigenvalue weighted by molar-refractivity contribution is -0.123. The fraction of sp³-hybridized carbons (Fsp3) is 0.182. The van der Waals surface area contributed by atoms with Crippen molar-refractivity contribution >= 4 is 11.6 Å². The average molecular weight is 190 g/mol. The number of hydrogen-bond donors (Lipinski definition) is 1. The first-order valence-electron chi connectivity index (χ1n) is 4.35. The minimum atomic E-state index is -0.105. The highest BCUT2D eigenvalue weighted by molar-refractivity contribution is 5.94. The highest BCUT2D eigenvalue weighted by atomic mass is 16.2. The molecule has 0 aliphatic heterocycles. The Morgan fingerprint density at radius 2 is 1.86 bits per heavy atom. The normalized spacial score (nSPS) is 11.1. The van der Waals surface area contributed by atoms with Crippen molar-refractivity contribution in [3.8, 4) is 0 Å². The van der Waals surface area contributed by atoms with E-state index in [4.69, 9.17) is 5.73 Å². The molecule has 0 radical (unpaired) electrons. The standard InChI is InChI=1S/C11H14N2O/c1-13(2)11(14)8-10(12)9-6-4-3-5-7-9/h3-8H,12H2,1-2H3. The summed E-state index contributed by atoms with van der Waals surface area (Å²) in [6, 6.07) is 9.42. The highest BCUT2D eigenvalue weighted by Crippen LogP contribution is 2.07. The van der Waals surface area contributed by atoms with Gasteiger partial charge in [-0.25, -0.2) is 0 Å². The molecule has 0 saturated carbocycles. The zero-order chi connectivity index (χ0) is 10.6. The number of benzene rings is 1. The molecule has 0 aliphatic carbocycles. The summed E-state index contributed by atoms with van der Waals surface area (Å²) in [7, 11) is 3.38. The van der Waals surface area contributed by atoms with Crippen LogP contribution in [0, 0.1) is 0 Å². The summed E-state index contributed by atoms with van der Waals surface area (Å²) in [6.45, 7) is 0. The summed E-state index contributed by atoms with van der Waals surface area (Å²) < 4.78 is 0. The highest BCUT2D eigenvalue weighted by Gasteiger charge is 2.01. The zero-order valence-corrected chi connectivity index (χ0v) is 8.40. The molecule has 2 N–H and O–H groups in total. The minimum absolute atomic E-state index is 0.105. The first kappa shape index (κ1) is 10.3. The van der Waals surface area contributed by atoms with Gasteiger partial charge in [0.1, 0.15) is 0 Å². The predicted molar refractivity (Wildman–Crippen MR) is 57.3 cm³/mol. The van der Waals surface area contributed by atoms with Gasteiger partial charge in [-0.1, -0.05) is 30.3 Å². The Balaban J connectivity index is 2.85. The van der Waals surface area contributed by atoms with Crippen LogP contribution in [0.3, 0.4) is 0 Å². The van der Waals surface area contributed by atoms with Crippen LogP contribution in [0.5, 0.6) is 0 Å². The largest absolute Gasteiger partial charge is 0.398 e. The van der Waals surface area contributed by atoms with Gasteiger partial charge in [0.15, 0.2) is 0 Å². The van der Waals surface area contributed by atoms with Crippen LogP contribution in [0.25, 0.3) is 5.70 Å². The monoisotopic (exact) mass is 190 g/mol. The van der Waals surface area contributed by atoms with E-state index >= 15 is 0 Å². The SMILES string of the molecule is CN(C)C(=O)C=C(N)c1ccccc1. The van der Waals surface area contributed by atoms with Gasteiger partial charge in [-0.05, 0) is 5.56 Å². The van der Waals surface area contributed by atoms with E-state index in [2.05, 4.69) is 0 Å². The molecule has 0 heterocycles. The molecule has 0 bridgehead atoms. The van der Waals surface area contributed by atoms with Crippen LogP contribution in [-0.4, -0.2) is 24.9 Å². The molecule has 1 aromatic rings. The Morgan fingerprint density at radius 1 is 1.29 bits per heavy atom. The Bertz CT molecular complexity index is 342. The number of likely N-dealkylation sites (N-methyl/N-ethyl adjacent to an activating group) is 1. The minimum Gasteiger partial charge on any atom is -0.398 e. The van der Waals surface area contributed by atoms with Gasteiger partial charge in [0, 0.05) is 25.9 Å². The van der Waals surface area contributed by atoms with E-state index in [1.807, 2.05) is 30.3 Å². The van der Waals surface area contributed by atoms with Crippen molar-refractivity contribution in [1.29, 1.82) is 0 Å². The number of carbonyl (C=O) groups is 1. The first-order chi connectivity index (χ1) is 6.61. The van der Waals surface area contributed by atoms with E-state index in [-0.39, 0.29) is 5.91 Å². The fourth-order valence-electron chi connectivity index (χ4n) is 0.976. The molecule has 1 rings (SSSR count). The Morgan fingerprint density at radius 3 is 2.36 bits per heavy atom. The van der Waals surface area contributed by atoms with E-state index in [1.165, 1.54) is 11.0 Å². The van der Waals surface area contributed by atoms with Crippen LogP contribution in [-0.2, 0) is 4.79 Å². The number of rotatable bonds is 2. The number of carbonyl (C=O) groups excluding carboxylic acids is 1. The van der Waals surface area contributed by atoms with Gasteiger partial charge in [0.05, 0.1) is 0 Å².